The third-order valence-electron chi connectivity index (χ3n) is 20.6. The van der Waals surface area contributed by atoms with Crippen molar-refractivity contribution in [3.63, 3.8) is 0 Å². The third kappa shape index (κ3) is 32.4. The number of aromatic nitrogens is 18. The number of fused-ring (bicyclic) bond motifs is 4. The predicted octanol–water partition coefficient (Wildman–Crippen LogP) is 11.0. The van der Waals surface area contributed by atoms with Crippen LogP contribution in [-0.2, 0) is 60.3 Å². The van der Waals surface area contributed by atoms with Gasteiger partial charge in [0, 0.05) is 91.9 Å². The van der Waals surface area contributed by atoms with Crippen LogP contribution < -0.4 is 42.4 Å². The van der Waals surface area contributed by atoms with Crippen LogP contribution in [0.1, 0.15) is 181 Å². The molecular formula is C89H116N26O22P4+2. The van der Waals surface area contributed by atoms with Crippen LogP contribution in [0.3, 0.4) is 0 Å². The Morgan fingerprint density at radius 1 is 0.532 bits per heavy atom. The zero-order chi connectivity index (χ0) is 101. The summed E-state index contributed by atoms with van der Waals surface area (Å²) >= 11 is 0. The van der Waals surface area contributed by atoms with Crippen LogP contribution in [0.4, 0.5) is 23.5 Å². The molecule has 4 fully saturated rings. The highest BCUT2D eigenvalue weighted by Gasteiger charge is 2.44. The number of pyridine rings is 2. The lowest BCUT2D eigenvalue weighted by Crippen LogP contribution is -2.35. The summed E-state index contributed by atoms with van der Waals surface area (Å²) in [6, 6.07) is 35.8. The number of aromatic amines is 4. The van der Waals surface area contributed by atoms with Crippen molar-refractivity contribution >= 4 is 126 Å². The number of aliphatic hydroxyl groups is 3. The van der Waals surface area contributed by atoms with Crippen LogP contribution in [0, 0.1) is 45.8 Å². The molecule has 14 atom stereocenters. The highest BCUT2D eigenvalue weighted by atomic mass is 31.2. The van der Waals surface area contributed by atoms with Gasteiger partial charge in [-0.1, -0.05) is 97.5 Å². The van der Waals surface area contributed by atoms with E-state index in [-0.39, 0.29) is 159 Å². The number of rotatable bonds is 31. The molecule has 0 saturated carbocycles. The number of nitrogens with one attached hydrogen (secondary N) is 8. The number of aliphatic hydroxyl groups excluding tert-OH is 3. The van der Waals surface area contributed by atoms with E-state index in [0.717, 1.165) is 6.42 Å². The lowest BCUT2D eigenvalue weighted by atomic mass is 10.1. The molecule has 10 aromatic heterocycles. The molecule has 0 spiro atoms. The van der Waals surface area contributed by atoms with Gasteiger partial charge in [-0.05, 0) is 64.8 Å². The maximum absolute atomic E-state index is 12.8. The van der Waals surface area contributed by atoms with Crippen molar-refractivity contribution in [2.45, 2.75) is 221 Å². The summed E-state index contributed by atoms with van der Waals surface area (Å²) in [7, 11) is -5.08. The van der Waals surface area contributed by atoms with E-state index in [1.165, 1.54) is 41.4 Å². The summed E-state index contributed by atoms with van der Waals surface area (Å²) in [5.74, 6) is -1.31. The predicted molar refractivity (Wildman–Crippen MR) is 514 cm³/mol. The molecule has 14 heterocycles. The Morgan fingerprint density at radius 3 is 1.28 bits per heavy atom. The van der Waals surface area contributed by atoms with Crippen molar-refractivity contribution < 1.29 is 105 Å². The molecule has 2 aromatic carbocycles. The molecule has 2 unspecified atom stereocenters. The Bertz CT molecular complexity index is 6080. The van der Waals surface area contributed by atoms with Gasteiger partial charge < -0.3 is 77.3 Å². The van der Waals surface area contributed by atoms with Crippen molar-refractivity contribution in [2.24, 2.45) is 11.8 Å². The highest BCUT2D eigenvalue weighted by molar-refractivity contribution is 7.44. The number of nitriles is 3. The maximum Gasteiger partial charge on any atom is 0.333 e. The Hall–Kier alpha value is -12.6. The molecule has 141 heavy (non-hydrogen) atoms. The molecule has 752 valence electrons. The van der Waals surface area contributed by atoms with Crippen molar-refractivity contribution in [3.05, 3.63) is 192 Å². The van der Waals surface area contributed by atoms with Crippen LogP contribution in [-0.4, -0.2) is 219 Å². The zero-order valence-electron chi connectivity index (χ0n) is 78.2. The Kier molecular flexibility index (Phi) is 47.2. The third-order valence-corrected chi connectivity index (χ3v) is 24.0. The summed E-state index contributed by atoms with van der Waals surface area (Å²) in [4.78, 5) is 142. The number of hydrogen-bond donors (Lipinski definition) is 11. The zero-order valence-corrected chi connectivity index (χ0v) is 81.8. The van der Waals surface area contributed by atoms with Gasteiger partial charge in [0.2, 0.25) is 23.7 Å². The lowest BCUT2D eigenvalue weighted by Gasteiger charge is -2.37. The van der Waals surface area contributed by atoms with Crippen LogP contribution in [0.25, 0.3) is 44.7 Å². The highest BCUT2D eigenvalue weighted by Crippen LogP contribution is 2.52. The quantitative estimate of drug-likeness (QED) is 0.0142. The van der Waals surface area contributed by atoms with Gasteiger partial charge in [0.25, 0.3) is 31.5 Å². The Balaban J connectivity index is 0.000000246. The molecule has 16 rings (SSSR count). The standard InChI is InChI=1S/C35H40N11O9P.C27H36N7O4P.C14H19N5O5.2C5H5N.C2H3N.CH4.2HO2P/c1-4-23-24(14-25(54-23)45-17-39-26-28(37-16-38-29(26)45)41-32(49)20-9-6-5-7-10-20)55-56(51-12-8-11-36)52-15-21-13-22(47)34(53-21)46-18-40-27-30(46)42-35(44-33(27)50)43-31(48)19(2)3;1-6-21-22(38-39(36-14-10-13-28)34(18(2)3)19(4)5)15-23(37-21)33-17-31-24-25(29-16-30-26(24)33)32-27(35)20-11-8-7-9-12-20;1-6(2)11(22)17-14-16-10-9(12(23)18-14)15-5-19(10)13-8(21)3-7(4-20)24-13;2*1-2-4-6-5-3-1;1-2-3;;2*1-3-2/h5-7,9-10,16-19,21-25,34,47H,4,8,12-15H2,1-3H3,(H,37,38,41,49)(H2,42,43,44,48,50);7-9,11-12,16-19,21-23H,6,10,14-15H2,1-5H3,(H,29,30,32,35);5-8,13,20-21H,3-4H2,1-2H3,(H2,16,17,18,22,23);2*1-5H;1H3;1H4;2*(H,1,2)/p+2/t21-,22-,23+,24+,25+,34+,56?;21-,22-,23-,39?;7-,8-,13+;;;;;;/m010....../s1. The van der Waals surface area contributed by atoms with Crippen molar-refractivity contribution in [1.82, 2.24) is 82.7 Å². The normalized spacial score (nSPS) is 19.7. The minimum absolute atomic E-state index is 0. The number of benzene rings is 2. The molecule has 4 amide bonds. The van der Waals surface area contributed by atoms with Crippen LogP contribution >= 0.6 is 34.5 Å². The molecule has 0 radical (unpaired) electrons. The summed E-state index contributed by atoms with van der Waals surface area (Å²) in [6.45, 7) is 20.9. The number of hydrogen-bond acceptors (Lipinski definition) is 34. The largest absolute Gasteiger partial charge is 0.394 e. The molecule has 13 N–H and O–H groups in total. The van der Waals surface area contributed by atoms with Gasteiger partial charge >= 0.3 is 26.0 Å². The molecule has 0 bridgehead atoms. The topological polar surface area (TPSA) is 652 Å². The smallest absolute Gasteiger partial charge is 0.333 e. The summed E-state index contributed by atoms with van der Waals surface area (Å²) in [5.41, 5.74) is 2.21. The molecule has 4 aliphatic heterocycles. The Morgan fingerprint density at radius 2 is 0.915 bits per heavy atom. The minimum Gasteiger partial charge on any atom is -0.394 e. The summed E-state index contributed by atoms with van der Waals surface area (Å²) < 4.78 is 81.3. The van der Waals surface area contributed by atoms with Crippen molar-refractivity contribution in [3.8, 4) is 18.2 Å². The number of imidazole rings is 4. The first-order valence-electron chi connectivity index (χ1n) is 44.2. The number of carbonyl (C=O) groups excluding carboxylic acids is 4. The number of nitrogens with zero attached hydrogens (tertiary/aromatic N) is 18. The number of amides is 4. The first kappa shape index (κ1) is 114. The summed E-state index contributed by atoms with van der Waals surface area (Å²) in [6.07, 6.45) is 12.5. The Labute approximate surface area is 815 Å². The minimum atomic E-state index is -2.01. The van der Waals surface area contributed by atoms with Crippen LogP contribution in [0.2, 0.25) is 0 Å². The average molecular weight is 2030 g/mol. The van der Waals surface area contributed by atoms with E-state index in [2.05, 4.69) is 136 Å². The van der Waals surface area contributed by atoms with E-state index < -0.39 is 94.8 Å². The molecule has 12 aromatic rings. The van der Waals surface area contributed by atoms with E-state index >= 15 is 0 Å². The number of anilines is 4. The van der Waals surface area contributed by atoms with Gasteiger partial charge in [0.1, 0.15) is 37.3 Å². The molecule has 4 saturated heterocycles. The SMILES string of the molecule is C.CC#N.CC(C)C(=O)Nc1nc2c(ncn2[C@@H]2O[C@H](CO)C[C@@H]2O)c(=O)[nH]1.CC[C@H]1O[C@@H](n2cnc3c(NC(=O)c4ccccc4)ncnc32)C[C@H]1OP(OCCC#N)N(C(C)C)C(C)C.CC[C@H]1O[C@@H](n2cnc3c(NC(=O)c4ccccc4)ncnc32)C[C@H]1OP(OCCC#N)OC[C@@H]1C[C@H](O)[C@H](n2cnc3c(=O)[nH]c(NC(=O)C(C)C)nc32)O1.O=PO.O=PO.c1cc[nH+]cc1.c1cc[nH+]cc1. The van der Waals surface area contributed by atoms with Gasteiger partial charge in [-0.2, -0.15) is 25.8 Å². The van der Waals surface area contributed by atoms with Crippen molar-refractivity contribution in [2.75, 3.05) is 47.7 Å². The van der Waals surface area contributed by atoms with Crippen LogP contribution in [0.5, 0.6) is 0 Å². The fourth-order valence-electron chi connectivity index (χ4n) is 14.2. The van der Waals surface area contributed by atoms with E-state index in [0.29, 0.717) is 71.6 Å². The first-order chi connectivity index (χ1) is 67.6. The molecular weight excluding hydrogens is 1910 g/mol. The van der Waals surface area contributed by atoms with Gasteiger partial charge in [-0.3, -0.25) is 67.6 Å². The van der Waals surface area contributed by atoms with E-state index in [4.69, 9.17) is 76.3 Å². The second kappa shape index (κ2) is 58.5. The fourth-order valence-corrected chi connectivity index (χ4v) is 17.1. The molecule has 48 nitrogen and oxygen atoms in total. The van der Waals surface area contributed by atoms with Gasteiger partial charge in [0.15, 0.2) is 93.5 Å². The summed E-state index contributed by atoms with van der Waals surface area (Å²) in [5, 5.41) is 66.6. The van der Waals surface area contributed by atoms with Crippen LogP contribution in [0.15, 0.2) is 169 Å². The van der Waals surface area contributed by atoms with E-state index in [9.17, 15) is 44.1 Å². The number of carbonyl (C=O) groups is 4. The van der Waals surface area contributed by atoms with E-state index in [1.807, 2.05) is 90.9 Å². The number of ether oxygens (including phenoxy) is 4. The fraction of sp³-hybridized carbons (Fsp3) is 0.449. The second-order valence-electron chi connectivity index (χ2n) is 31.8. The monoisotopic (exact) mass is 2020 g/mol. The average Bonchev–Trinajstić information content (AvgIpc) is 1.64. The van der Waals surface area contributed by atoms with Gasteiger partial charge in [-0.25, -0.2) is 63.6 Å². The van der Waals surface area contributed by atoms with Gasteiger partial charge in [0.05, 0.1) is 119 Å². The molecule has 4 aliphatic rings. The lowest BCUT2D eigenvalue weighted by molar-refractivity contribution is -0.378. The molecule has 52 heteroatoms. The first-order valence-corrected chi connectivity index (χ1v) is 48.0. The van der Waals surface area contributed by atoms with Gasteiger partial charge in [-0.15, -0.1) is 0 Å². The second-order valence-corrected chi connectivity index (χ2v) is 34.7. The maximum atomic E-state index is 12.8. The van der Waals surface area contributed by atoms with Crippen molar-refractivity contribution in [1.29, 1.82) is 15.8 Å². The van der Waals surface area contributed by atoms with E-state index in [1.54, 1.807) is 99.5 Å². The molecule has 0 aliphatic carbocycles. The number of H-pyrrole nitrogens is 4.